The van der Waals surface area contributed by atoms with Crippen molar-refractivity contribution in [2.24, 2.45) is 0 Å². The summed E-state index contributed by atoms with van der Waals surface area (Å²) in [7, 11) is 0. The maximum absolute atomic E-state index is 4.32. The molecule has 0 fully saturated rings. The van der Waals surface area contributed by atoms with E-state index in [1.165, 1.54) is 0 Å². The molecule has 0 aliphatic carbocycles. The van der Waals surface area contributed by atoms with Gasteiger partial charge in [0, 0.05) is 5.56 Å². The van der Waals surface area contributed by atoms with Crippen LogP contribution in [0.2, 0.25) is 0 Å². The lowest BCUT2D eigenvalue weighted by Gasteiger charge is -1.93. The molecule has 1 aromatic heterocycles. The van der Waals surface area contributed by atoms with Gasteiger partial charge in [0.25, 0.3) is 0 Å². The molecular weight excluding hydrogens is 186 g/mol. The summed E-state index contributed by atoms with van der Waals surface area (Å²) in [6, 6.07) is 9.98. The summed E-state index contributed by atoms with van der Waals surface area (Å²) in [5, 5.41) is 8.45. The van der Waals surface area contributed by atoms with E-state index in [1.54, 1.807) is 11.0 Å². The third kappa shape index (κ3) is 2.23. The molecule has 0 spiro atoms. The first-order chi connectivity index (χ1) is 7.40. The second kappa shape index (κ2) is 4.43. The molecule has 0 radical (unpaired) electrons. The molecule has 0 saturated carbocycles. The van der Waals surface area contributed by atoms with Crippen LogP contribution in [0.25, 0.3) is 11.3 Å². The Hall–Kier alpha value is -2.08. The van der Waals surface area contributed by atoms with Crippen LogP contribution in [0.5, 0.6) is 0 Å². The molecule has 3 heteroatoms. The summed E-state index contributed by atoms with van der Waals surface area (Å²) in [6.07, 6.45) is 1.76. The lowest BCUT2D eigenvalue weighted by molar-refractivity contribution is 0.613. The molecule has 0 N–H and O–H groups in total. The van der Waals surface area contributed by atoms with E-state index in [-0.39, 0.29) is 0 Å². The van der Waals surface area contributed by atoms with Gasteiger partial charge in [-0.25, -0.2) is 0 Å². The minimum Gasteiger partial charge on any atom is -0.172 e. The first-order valence-electron chi connectivity index (χ1n) is 4.75. The monoisotopic (exact) mass is 197 g/mol. The summed E-state index contributed by atoms with van der Waals surface area (Å²) < 4.78 is 0. The second-order valence-electron chi connectivity index (χ2n) is 3.05. The Morgan fingerprint density at radius 3 is 2.80 bits per heavy atom. The second-order valence-corrected chi connectivity index (χ2v) is 3.05. The van der Waals surface area contributed by atoms with Gasteiger partial charge >= 0.3 is 0 Å². The maximum Gasteiger partial charge on any atom is 0.121 e. The van der Waals surface area contributed by atoms with Crippen molar-refractivity contribution in [3.8, 4) is 23.1 Å². The third-order valence-corrected chi connectivity index (χ3v) is 2.00. The molecule has 15 heavy (non-hydrogen) atoms. The van der Waals surface area contributed by atoms with Gasteiger partial charge in [-0.3, -0.25) is 0 Å². The van der Waals surface area contributed by atoms with E-state index in [4.69, 9.17) is 0 Å². The van der Waals surface area contributed by atoms with Crippen LogP contribution in [0.4, 0.5) is 0 Å². The number of benzene rings is 1. The van der Waals surface area contributed by atoms with E-state index in [0.717, 1.165) is 11.3 Å². The predicted molar refractivity (Wildman–Crippen MR) is 58.9 cm³/mol. The van der Waals surface area contributed by atoms with Gasteiger partial charge < -0.3 is 0 Å². The zero-order chi connectivity index (χ0) is 10.5. The number of hydrogen-bond acceptors (Lipinski definition) is 2. The van der Waals surface area contributed by atoms with Crippen LogP contribution in [0.1, 0.15) is 6.92 Å². The number of rotatable bonds is 2. The van der Waals surface area contributed by atoms with E-state index in [2.05, 4.69) is 22.0 Å². The zero-order valence-corrected chi connectivity index (χ0v) is 8.51. The average Bonchev–Trinajstić information content (AvgIpc) is 2.76. The van der Waals surface area contributed by atoms with Gasteiger partial charge in [-0.1, -0.05) is 36.3 Å². The fourth-order valence-electron chi connectivity index (χ4n) is 1.26. The Morgan fingerprint density at radius 1 is 1.27 bits per heavy atom. The van der Waals surface area contributed by atoms with Crippen molar-refractivity contribution in [2.45, 2.75) is 13.5 Å². The predicted octanol–water partition coefficient (Wildman–Crippen LogP) is 1.97. The van der Waals surface area contributed by atoms with E-state index in [9.17, 15) is 0 Å². The molecule has 1 heterocycles. The lowest BCUT2D eigenvalue weighted by atomic mass is 10.2. The van der Waals surface area contributed by atoms with E-state index < -0.39 is 0 Å². The molecule has 0 aliphatic rings. The summed E-state index contributed by atoms with van der Waals surface area (Å²) in [4.78, 5) is 1.60. The summed E-state index contributed by atoms with van der Waals surface area (Å²) in [5.41, 5.74) is 1.96. The Morgan fingerprint density at radius 2 is 2.07 bits per heavy atom. The number of nitrogens with zero attached hydrogens (tertiary/aromatic N) is 3. The van der Waals surface area contributed by atoms with Crippen LogP contribution < -0.4 is 0 Å². The molecule has 3 nitrogen and oxygen atoms in total. The largest absolute Gasteiger partial charge is 0.172 e. The van der Waals surface area contributed by atoms with Crippen LogP contribution in [-0.4, -0.2) is 15.0 Å². The van der Waals surface area contributed by atoms with Gasteiger partial charge in [0.1, 0.15) is 12.2 Å². The van der Waals surface area contributed by atoms with Gasteiger partial charge in [0.05, 0.1) is 6.20 Å². The average molecular weight is 197 g/mol. The first kappa shape index (κ1) is 9.47. The van der Waals surface area contributed by atoms with Gasteiger partial charge in [0.15, 0.2) is 0 Å². The van der Waals surface area contributed by atoms with Crippen molar-refractivity contribution in [2.75, 3.05) is 0 Å². The van der Waals surface area contributed by atoms with Gasteiger partial charge in [-0.05, 0) is 6.92 Å². The van der Waals surface area contributed by atoms with Crippen molar-refractivity contribution in [3.63, 3.8) is 0 Å². The van der Waals surface area contributed by atoms with Crippen molar-refractivity contribution < 1.29 is 0 Å². The van der Waals surface area contributed by atoms with Crippen LogP contribution >= 0.6 is 0 Å². The highest BCUT2D eigenvalue weighted by atomic mass is 15.5. The normalized spacial score (nSPS) is 9.40. The molecule has 2 aromatic rings. The van der Waals surface area contributed by atoms with Crippen LogP contribution in [0.15, 0.2) is 36.5 Å². The Labute approximate surface area is 88.7 Å². The van der Waals surface area contributed by atoms with Crippen molar-refractivity contribution in [3.05, 3.63) is 36.5 Å². The first-order valence-corrected chi connectivity index (χ1v) is 4.75. The Kier molecular flexibility index (Phi) is 2.80. The van der Waals surface area contributed by atoms with Crippen LogP contribution in [0, 0.1) is 11.8 Å². The van der Waals surface area contributed by atoms with Crippen molar-refractivity contribution in [1.82, 2.24) is 15.0 Å². The number of hydrogen-bond donors (Lipinski definition) is 0. The molecule has 0 aliphatic heterocycles. The molecule has 1 aromatic carbocycles. The zero-order valence-electron chi connectivity index (χ0n) is 8.51. The molecule has 0 amide bonds. The number of aromatic nitrogens is 3. The molecule has 0 atom stereocenters. The molecule has 0 saturated heterocycles. The van der Waals surface area contributed by atoms with Crippen molar-refractivity contribution >= 4 is 0 Å². The van der Waals surface area contributed by atoms with E-state index >= 15 is 0 Å². The van der Waals surface area contributed by atoms with E-state index in [1.807, 2.05) is 37.3 Å². The Bertz CT molecular complexity index is 488. The minimum absolute atomic E-state index is 0.545. The van der Waals surface area contributed by atoms with E-state index in [0.29, 0.717) is 6.54 Å². The molecule has 0 bridgehead atoms. The third-order valence-electron chi connectivity index (χ3n) is 2.00. The summed E-state index contributed by atoms with van der Waals surface area (Å²) in [6.45, 7) is 2.35. The molecular formula is C12H11N3. The highest BCUT2D eigenvalue weighted by Gasteiger charge is 2.01. The quantitative estimate of drug-likeness (QED) is 0.689. The standard InChI is InChI=1S/C12H11N3/c1-2-3-9-15-13-10-12(14-15)11-7-5-4-6-8-11/h4-8,10H,9H2,1H3. The molecule has 2 rings (SSSR count). The highest BCUT2D eigenvalue weighted by molar-refractivity contribution is 5.56. The smallest absolute Gasteiger partial charge is 0.121 e. The van der Waals surface area contributed by atoms with Gasteiger partial charge in [0.2, 0.25) is 0 Å². The topological polar surface area (TPSA) is 30.7 Å². The fourth-order valence-corrected chi connectivity index (χ4v) is 1.26. The Balaban J connectivity index is 2.23. The summed E-state index contributed by atoms with van der Waals surface area (Å²) >= 11 is 0. The van der Waals surface area contributed by atoms with Crippen LogP contribution in [0.3, 0.4) is 0 Å². The molecule has 0 unspecified atom stereocenters. The molecule has 74 valence electrons. The minimum atomic E-state index is 0.545. The SMILES string of the molecule is CC#CCn1ncc(-c2ccccc2)n1. The van der Waals surface area contributed by atoms with Gasteiger partial charge in [-0.15, -0.1) is 5.92 Å². The lowest BCUT2D eigenvalue weighted by Crippen LogP contribution is -1.99. The van der Waals surface area contributed by atoms with Crippen LogP contribution in [-0.2, 0) is 6.54 Å². The summed E-state index contributed by atoms with van der Waals surface area (Å²) in [5.74, 6) is 5.73. The maximum atomic E-state index is 4.32. The van der Waals surface area contributed by atoms with Crippen molar-refractivity contribution in [1.29, 1.82) is 0 Å². The fraction of sp³-hybridized carbons (Fsp3) is 0.167. The highest BCUT2D eigenvalue weighted by Crippen LogP contribution is 2.13. The van der Waals surface area contributed by atoms with Gasteiger partial charge in [-0.2, -0.15) is 15.0 Å².